The van der Waals surface area contributed by atoms with Crippen LogP contribution in [0, 0.1) is 5.82 Å². The lowest BCUT2D eigenvalue weighted by Crippen LogP contribution is -2.24. The SMILES string of the molecule is COc1ccc(C2CC(=O)OC(=O)C2)c(F)c1. The third kappa shape index (κ3) is 2.43. The summed E-state index contributed by atoms with van der Waals surface area (Å²) in [6.07, 6.45) is 0.0456. The molecule has 0 bridgehead atoms. The summed E-state index contributed by atoms with van der Waals surface area (Å²) < 4.78 is 23.0. The summed E-state index contributed by atoms with van der Waals surface area (Å²) in [4.78, 5) is 22.2. The molecule has 1 heterocycles. The van der Waals surface area contributed by atoms with Crippen LogP contribution in [-0.4, -0.2) is 19.0 Å². The first-order valence-corrected chi connectivity index (χ1v) is 5.17. The van der Waals surface area contributed by atoms with Gasteiger partial charge < -0.3 is 9.47 Å². The van der Waals surface area contributed by atoms with Crippen molar-refractivity contribution in [2.75, 3.05) is 7.11 Å². The number of esters is 2. The first-order valence-electron chi connectivity index (χ1n) is 5.17. The molecule has 0 N–H and O–H groups in total. The van der Waals surface area contributed by atoms with Crippen LogP contribution in [-0.2, 0) is 14.3 Å². The molecule has 1 aromatic rings. The first-order chi connectivity index (χ1) is 8.10. The average molecular weight is 238 g/mol. The summed E-state index contributed by atoms with van der Waals surface area (Å²) in [6.45, 7) is 0. The van der Waals surface area contributed by atoms with Crippen molar-refractivity contribution >= 4 is 11.9 Å². The molecule has 17 heavy (non-hydrogen) atoms. The second-order valence-electron chi connectivity index (χ2n) is 3.84. The highest BCUT2D eigenvalue weighted by Gasteiger charge is 2.30. The topological polar surface area (TPSA) is 52.6 Å². The predicted octanol–water partition coefficient (Wildman–Crippen LogP) is 1.78. The van der Waals surface area contributed by atoms with Crippen molar-refractivity contribution in [1.82, 2.24) is 0 Å². The Morgan fingerprint density at radius 3 is 2.47 bits per heavy atom. The molecule has 1 aromatic carbocycles. The summed E-state index contributed by atoms with van der Waals surface area (Å²) in [6, 6.07) is 4.37. The molecule has 1 aliphatic heterocycles. The van der Waals surface area contributed by atoms with Gasteiger partial charge in [0, 0.05) is 12.0 Å². The van der Waals surface area contributed by atoms with Gasteiger partial charge in [-0.2, -0.15) is 0 Å². The maximum absolute atomic E-state index is 13.7. The normalized spacial score (nSPS) is 16.8. The Morgan fingerprint density at radius 2 is 1.94 bits per heavy atom. The fourth-order valence-electron chi connectivity index (χ4n) is 1.87. The van der Waals surface area contributed by atoms with Gasteiger partial charge in [0.25, 0.3) is 0 Å². The summed E-state index contributed by atoms with van der Waals surface area (Å²) in [7, 11) is 1.44. The van der Waals surface area contributed by atoms with Crippen LogP contribution in [0.25, 0.3) is 0 Å². The van der Waals surface area contributed by atoms with Crippen molar-refractivity contribution in [1.29, 1.82) is 0 Å². The first kappa shape index (κ1) is 11.6. The fourth-order valence-corrected chi connectivity index (χ4v) is 1.87. The number of hydrogen-bond acceptors (Lipinski definition) is 4. The standard InChI is InChI=1S/C12H11FO4/c1-16-8-2-3-9(10(13)6-8)7-4-11(14)17-12(15)5-7/h2-3,6-7H,4-5H2,1H3. The second-order valence-corrected chi connectivity index (χ2v) is 3.84. The number of cyclic esters (lactones) is 2. The summed E-state index contributed by atoms with van der Waals surface area (Å²) >= 11 is 0. The van der Waals surface area contributed by atoms with Gasteiger partial charge in [-0.15, -0.1) is 0 Å². The lowest BCUT2D eigenvalue weighted by atomic mass is 9.90. The number of halogens is 1. The molecule has 0 unspecified atom stereocenters. The highest BCUT2D eigenvalue weighted by atomic mass is 19.1. The van der Waals surface area contributed by atoms with Gasteiger partial charge >= 0.3 is 11.9 Å². The minimum Gasteiger partial charge on any atom is -0.497 e. The number of carbonyl (C=O) groups is 2. The molecule has 4 nitrogen and oxygen atoms in total. The summed E-state index contributed by atoms with van der Waals surface area (Å²) in [5.41, 5.74) is 0.343. The van der Waals surface area contributed by atoms with Gasteiger partial charge in [-0.3, -0.25) is 9.59 Å². The van der Waals surface area contributed by atoms with Crippen LogP contribution in [0.15, 0.2) is 18.2 Å². The Morgan fingerprint density at radius 1 is 1.29 bits per heavy atom. The molecule has 0 spiro atoms. The van der Waals surface area contributed by atoms with Crippen molar-refractivity contribution < 1.29 is 23.5 Å². The maximum Gasteiger partial charge on any atom is 0.314 e. The van der Waals surface area contributed by atoms with Crippen LogP contribution in [0.2, 0.25) is 0 Å². The van der Waals surface area contributed by atoms with E-state index in [1.807, 2.05) is 0 Å². The predicted molar refractivity (Wildman–Crippen MR) is 56.0 cm³/mol. The molecule has 5 heteroatoms. The molecule has 0 amide bonds. The number of rotatable bonds is 2. The lowest BCUT2D eigenvalue weighted by Gasteiger charge is -2.20. The van der Waals surface area contributed by atoms with Crippen LogP contribution in [0.5, 0.6) is 5.75 Å². The molecule has 1 aliphatic rings. The molecular weight excluding hydrogens is 227 g/mol. The van der Waals surface area contributed by atoms with E-state index in [9.17, 15) is 14.0 Å². The van der Waals surface area contributed by atoms with E-state index in [0.29, 0.717) is 11.3 Å². The summed E-state index contributed by atoms with van der Waals surface area (Å²) in [5.74, 6) is -1.74. The zero-order valence-corrected chi connectivity index (χ0v) is 9.23. The molecule has 0 saturated carbocycles. The Labute approximate surface area is 97.3 Å². The quantitative estimate of drug-likeness (QED) is 0.582. The van der Waals surface area contributed by atoms with E-state index in [2.05, 4.69) is 4.74 Å². The molecule has 0 atom stereocenters. The van der Waals surface area contributed by atoms with Crippen molar-refractivity contribution in [3.05, 3.63) is 29.6 Å². The minimum atomic E-state index is -0.610. The molecular formula is C12H11FO4. The van der Waals surface area contributed by atoms with Crippen molar-refractivity contribution in [2.45, 2.75) is 18.8 Å². The highest BCUT2D eigenvalue weighted by molar-refractivity contribution is 5.89. The lowest BCUT2D eigenvalue weighted by molar-refractivity contribution is -0.163. The average Bonchev–Trinajstić information content (AvgIpc) is 2.27. The Bertz CT molecular complexity index is 454. The monoisotopic (exact) mass is 238 g/mol. The van der Waals surface area contributed by atoms with E-state index < -0.39 is 23.7 Å². The number of carbonyl (C=O) groups excluding carboxylic acids is 2. The van der Waals surface area contributed by atoms with Crippen molar-refractivity contribution in [3.63, 3.8) is 0 Å². The number of methoxy groups -OCH3 is 1. The maximum atomic E-state index is 13.7. The van der Waals surface area contributed by atoms with Gasteiger partial charge in [0.05, 0.1) is 20.0 Å². The zero-order chi connectivity index (χ0) is 12.4. The van der Waals surface area contributed by atoms with Crippen molar-refractivity contribution in [3.8, 4) is 5.75 Å². The second kappa shape index (κ2) is 4.53. The Balaban J connectivity index is 2.27. The third-order valence-electron chi connectivity index (χ3n) is 2.70. The van der Waals surface area contributed by atoms with Gasteiger partial charge in [0.2, 0.25) is 0 Å². The molecule has 1 saturated heterocycles. The van der Waals surface area contributed by atoms with Crippen LogP contribution in [0.4, 0.5) is 4.39 Å². The van der Waals surface area contributed by atoms with Gasteiger partial charge in [0.15, 0.2) is 0 Å². The van der Waals surface area contributed by atoms with Gasteiger partial charge in [-0.25, -0.2) is 4.39 Å². The van der Waals surface area contributed by atoms with Crippen LogP contribution in [0.3, 0.4) is 0 Å². The van der Waals surface area contributed by atoms with Crippen molar-refractivity contribution in [2.24, 2.45) is 0 Å². The van der Waals surface area contributed by atoms with Crippen LogP contribution < -0.4 is 4.74 Å². The van der Waals surface area contributed by atoms with E-state index in [1.165, 1.54) is 19.2 Å². The van der Waals surface area contributed by atoms with Crippen LogP contribution >= 0.6 is 0 Å². The van der Waals surface area contributed by atoms with Gasteiger partial charge in [-0.1, -0.05) is 6.07 Å². The molecule has 0 aromatic heterocycles. The van der Waals surface area contributed by atoms with E-state index in [0.717, 1.165) is 0 Å². The van der Waals surface area contributed by atoms with Crippen LogP contribution in [0.1, 0.15) is 24.3 Å². The van der Waals surface area contributed by atoms with E-state index in [-0.39, 0.29) is 12.8 Å². The fraction of sp³-hybridized carbons (Fsp3) is 0.333. The molecule has 90 valence electrons. The van der Waals surface area contributed by atoms with E-state index >= 15 is 0 Å². The highest BCUT2D eigenvalue weighted by Crippen LogP contribution is 2.31. The van der Waals surface area contributed by atoms with E-state index in [4.69, 9.17) is 4.74 Å². The molecule has 0 aliphatic carbocycles. The smallest absolute Gasteiger partial charge is 0.314 e. The number of hydrogen-bond donors (Lipinski definition) is 0. The molecule has 2 rings (SSSR count). The number of ether oxygens (including phenoxy) is 2. The Hall–Kier alpha value is -1.91. The summed E-state index contributed by atoms with van der Waals surface area (Å²) in [5, 5.41) is 0. The largest absolute Gasteiger partial charge is 0.497 e. The molecule has 0 radical (unpaired) electrons. The van der Waals surface area contributed by atoms with Gasteiger partial charge in [-0.05, 0) is 11.6 Å². The van der Waals surface area contributed by atoms with E-state index in [1.54, 1.807) is 6.07 Å². The Kier molecular flexibility index (Phi) is 3.08. The minimum absolute atomic E-state index is 0.0228. The third-order valence-corrected chi connectivity index (χ3v) is 2.70. The zero-order valence-electron chi connectivity index (χ0n) is 9.23. The number of benzene rings is 1. The van der Waals surface area contributed by atoms with Gasteiger partial charge in [0.1, 0.15) is 11.6 Å². The molecule has 1 fully saturated rings.